The maximum atomic E-state index is 13.3. The van der Waals surface area contributed by atoms with Gasteiger partial charge in [-0.25, -0.2) is 13.4 Å². The van der Waals surface area contributed by atoms with Crippen molar-refractivity contribution >= 4 is 42.4 Å². The maximum absolute atomic E-state index is 13.3. The number of thiazole rings is 1. The first-order valence-electron chi connectivity index (χ1n) is 12.0. The highest BCUT2D eigenvalue weighted by Gasteiger charge is 2.22. The minimum Gasteiger partial charge on any atom is -0.302 e. The summed E-state index contributed by atoms with van der Waals surface area (Å²) in [6.45, 7) is 11.3. The van der Waals surface area contributed by atoms with Crippen LogP contribution in [-0.4, -0.2) is 56.1 Å². The molecule has 2 aromatic carbocycles. The fourth-order valence-electron chi connectivity index (χ4n) is 3.91. The molecule has 8 heteroatoms. The molecule has 0 bridgehead atoms. The molecule has 0 atom stereocenters. The SMILES string of the molecule is CCc1cccc2sc(N(CCN(CC)CC)C(=O)CCCS(=O)(=O)c3ccc(C)cc3)nc12. The number of aromatic nitrogens is 1. The number of carbonyl (C=O) groups excluding carboxylic acids is 1. The number of aryl methyl sites for hydroxylation is 2. The topological polar surface area (TPSA) is 70.6 Å². The van der Waals surface area contributed by atoms with E-state index in [0.717, 1.165) is 41.8 Å². The van der Waals surface area contributed by atoms with E-state index in [2.05, 4.69) is 31.7 Å². The highest BCUT2D eigenvalue weighted by molar-refractivity contribution is 7.91. The number of rotatable bonds is 12. The van der Waals surface area contributed by atoms with Crippen LogP contribution in [-0.2, 0) is 21.1 Å². The Morgan fingerprint density at radius 2 is 1.71 bits per heavy atom. The number of benzene rings is 2. The van der Waals surface area contributed by atoms with Gasteiger partial charge in [0.1, 0.15) is 0 Å². The number of likely N-dealkylation sites (N-methyl/N-ethyl adjacent to an activating group) is 1. The molecule has 0 N–H and O–H groups in total. The van der Waals surface area contributed by atoms with Crippen molar-refractivity contribution in [2.45, 2.75) is 51.9 Å². The first-order valence-corrected chi connectivity index (χ1v) is 14.5. The van der Waals surface area contributed by atoms with Gasteiger partial charge in [0.25, 0.3) is 0 Å². The van der Waals surface area contributed by atoms with Gasteiger partial charge in [-0.3, -0.25) is 9.69 Å². The van der Waals surface area contributed by atoms with Gasteiger partial charge >= 0.3 is 0 Å². The summed E-state index contributed by atoms with van der Waals surface area (Å²) in [6.07, 6.45) is 1.33. The predicted molar refractivity (Wildman–Crippen MR) is 142 cm³/mol. The lowest BCUT2D eigenvalue weighted by Crippen LogP contribution is -2.38. The third-order valence-electron chi connectivity index (χ3n) is 6.12. The van der Waals surface area contributed by atoms with Crippen molar-refractivity contribution in [2.75, 3.05) is 36.8 Å². The quantitative estimate of drug-likeness (QED) is 0.345. The number of para-hydroxylation sites is 1. The number of fused-ring (bicyclic) bond motifs is 1. The molecule has 0 saturated heterocycles. The molecule has 184 valence electrons. The predicted octanol–water partition coefficient (Wildman–Crippen LogP) is 5.10. The highest BCUT2D eigenvalue weighted by Crippen LogP contribution is 2.31. The molecule has 0 aliphatic heterocycles. The average molecular weight is 502 g/mol. The maximum Gasteiger partial charge on any atom is 0.228 e. The number of hydrogen-bond donors (Lipinski definition) is 0. The molecule has 1 amide bonds. The molecule has 1 aromatic heterocycles. The van der Waals surface area contributed by atoms with Crippen molar-refractivity contribution < 1.29 is 13.2 Å². The van der Waals surface area contributed by atoms with Crippen LogP contribution in [0.25, 0.3) is 10.2 Å². The monoisotopic (exact) mass is 501 g/mol. The van der Waals surface area contributed by atoms with Crippen LogP contribution in [0.1, 0.15) is 44.7 Å². The summed E-state index contributed by atoms with van der Waals surface area (Å²) in [4.78, 5) is 22.5. The summed E-state index contributed by atoms with van der Waals surface area (Å²) in [6, 6.07) is 13.0. The molecule has 0 unspecified atom stereocenters. The molecule has 0 fully saturated rings. The van der Waals surface area contributed by atoms with E-state index < -0.39 is 9.84 Å². The van der Waals surface area contributed by atoms with Gasteiger partial charge < -0.3 is 4.90 Å². The van der Waals surface area contributed by atoms with Gasteiger partial charge in [0.2, 0.25) is 5.91 Å². The fraction of sp³-hybridized carbons (Fsp3) is 0.462. The van der Waals surface area contributed by atoms with E-state index in [1.807, 2.05) is 19.1 Å². The molecule has 0 saturated carbocycles. The van der Waals surface area contributed by atoms with Gasteiger partial charge in [0.15, 0.2) is 15.0 Å². The second-order valence-corrected chi connectivity index (χ2v) is 11.5. The largest absolute Gasteiger partial charge is 0.302 e. The fourth-order valence-corrected chi connectivity index (χ4v) is 6.28. The van der Waals surface area contributed by atoms with Gasteiger partial charge in [-0.2, -0.15) is 0 Å². The van der Waals surface area contributed by atoms with Crippen LogP contribution in [0.3, 0.4) is 0 Å². The van der Waals surface area contributed by atoms with E-state index in [9.17, 15) is 13.2 Å². The Bertz CT molecular complexity index is 1200. The molecule has 0 spiro atoms. The van der Waals surface area contributed by atoms with Crippen molar-refractivity contribution in [2.24, 2.45) is 0 Å². The lowest BCUT2D eigenvalue weighted by atomic mass is 10.1. The van der Waals surface area contributed by atoms with Crippen molar-refractivity contribution in [1.29, 1.82) is 0 Å². The first kappa shape index (κ1) is 26.3. The molecular formula is C26H35N3O3S2. The first-order chi connectivity index (χ1) is 16.3. The molecule has 34 heavy (non-hydrogen) atoms. The molecule has 6 nitrogen and oxygen atoms in total. The summed E-state index contributed by atoms with van der Waals surface area (Å²) >= 11 is 1.52. The van der Waals surface area contributed by atoms with Gasteiger partial charge in [0.05, 0.1) is 20.9 Å². The third kappa shape index (κ3) is 6.43. The molecule has 1 heterocycles. The molecule has 0 radical (unpaired) electrons. The Kier molecular flexibility index (Phi) is 9.22. The molecule has 0 aliphatic rings. The van der Waals surface area contributed by atoms with E-state index in [1.54, 1.807) is 29.2 Å². The Morgan fingerprint density at radius 3 is 2.35 bits per heavy atom. The van der Waals surface area contributed by atoms with Gasteiger partial charge in [-0.15, -0.1) is 0 Å². The lowest BCUT2D eigenvalue weighted by molar-refractivity contribution is -0.118. The van der Waals surface area contributed by atoms with Crippen LogP contribution >= 0.6 is 11.3 Å². The van der Waals surface area contributed by atoms with Crippen LogP contribution in [0, 0.1) is 6.92 Å². The van der Waals surface area contributed by atoms with E-state index in [4.69, 9.17) is 4.98 Å². The van der Waals surface area contributed by atoms with Crippen LogP contribution in [0.15, 0.2) is 47.4 Å². The number of sulfone groups is 1. The second kappa shape index (κ2) is 11.9. The number of nitrogens with zero attached hydrogens (tertiary/aromatic N) is 3. The van der Waals surface area contributed by atoms with E-state index >= 15 is 0 Å². The van der Waals surface area contributed by atoms with Gasteiger partial charge in [-0.05, 0) is 56.6 Å². The molecular weight excluding hydrogens is 466 g/mol. The summed E-state index contributed by atoms with van der Waals surface area (Å²) in [5.74, 6) is -0.130. The van der Waals surface area contributed by atoms with E-state index in [1.165, 1.54) is 16.9 Å². The number of carbonyl (C=O) groups is 1. The Hall–Kier alpha value is -2.29. The summed E-state index contributed by atoms with van der Waals surface area (Å²) in [5.41, 5.74) is 3.13. The van der Waals surface area contributed by atoms with Crippen LogP contribution < -0.4 is 4.90 Å². The summed E-state index contributed by atoms with van der Waals surface area (Å²) in [7, 11) is -3.42. The third-order valence-corrected chi connectivity index (χ3v) is 8.98. The number of amides is 1. The van der Waals surface area contributed by atoms with E-state index in [-0.39, 0.29) is 24.5 Å². The highest BCUT2D eigenvalue weighted by atomic mass is 32.2. The van der Waals surface area contributed by atoms with E-state index in [0.29, 0.717) is 16.6 Å². The lowest BCUT2D eigenvalue weighted by Gasteiger charge is -2.24. The Balaban J connectivity index is 1.76. The van der Waals surface area contributed by atoms with Crippen molar-refractivity contribution in [3.8, 4) is 0 Å². The van der Waals surface area contributed by atoms with Gasteiger partial charge in [0, 0.05) is 19.5 Å². The van der Waals surface area contributed by atoms with Crippen LogP contribution in [0.5, 0.6) is 0 Å². The zero-order valence-corrected chi connectivity index (χ0v) is 22.2. The minimum absolute atomic E-state index is 0.0501. The van der Waals surface area contributed by atoms with Crippen molar-refractivity contribution in [3.63, 3.8) is 0 Å². The van der Waals surface area contributed by atoms with Crippen molar-refractivity contribution in [3.05, 3.63) is 53.6 Å². The van der Waals surface area contributed by atoms with Crippen LogP contribution in [0.2, 0.25) is 0 Å². The second-order valence-electron chi connectivity index (χ2n) is 8.42. The molecule has 3 rings (SSSR count). The normalized spacial score (nSPS) is 11.9. The summed E-state index contributed by atoms with van der Waals surface area (Å²) in [5, 5.41) is 0.689. The Morgan fingerprint density at radius 1 is 1.00 bits per heavy atom. The standard InChI is InChI=1S/C26H35N3O3S2/c1-5-21-10-8-11-23-25(21)27-26(33-23)29(18-17-28(6-2)7-3)24(30)12-9-19-34(31,32)22-15-13-20(4)14-16-22/h8,10-11,13-16H,5-7,9,12,17-19H2,1-4H3. The van der Waals surface area contributed by atoms with Crippen molar-refractivity contribution in [1.82, 2.24) is 9.88 Å². The summed E-state index contributed by atoms with van der Waals surface area (Å²) < 4.78 is 26.5. The smallest absolute Gasteiger partial charge is 0.228 e. The minimum atomic E-state index is -3.42. The average Bonchev–Trinajstić information content (AvgIpc) is 3.26. The molecule has 0 aliphatic carbocycles. The Labute approximate surface area is 207 Å². The number of anilines is 1. The van der Waals surface area contributed by atoms with Crippen LogP contribution in [0.4, 0.5) is 5.13 Å². The number of hydrogen-bond acceptors (Lipinski definition) is 6. The zero-order valence-electron chi connectivity index (χ0n) is 20.6. The molecule has 3 aromatic rings. The zero-order chi connectivity index (χ0) is 24.7. The van der Waals surface area contributed by atoms with Gasteiger partial charge in [-0.1, -0.05) is 61.9 Å².